The Hall–Kier alpha value is -2.81. The molecule has 2 amide bonds. The van der Waals surface area contributed by atoms with Gasteiger partial charge in [-0.3, -0.25) is 14.6 Å². The highest BCUT2D eigenvalue weighted by Crippen LogP contribution is 2.30. The molecule has 0 spiro atoms. The molecule has 1 atom stereocenters. The van der Waals surface area contributed by atoms with E-state index in [0.717, 1.165) is 6.20 Å². The lowest BCUT2D eigenvalue weighted by molar-refractivity contribution is -0.144. The van der Waals surface area contributed by atoms with Gasteiger partial charge in [-0.1, -0.05) is 17.7 Å². The maximum atomic E-state index is 12.9. The molecule has 2 aromatic rings. The highest BCUT2D eigenvalue weighted by molar-refractivity contribution is 6.30. The van der Waals surface area contributed by atoms with Crippen LogP contribution in [0, 0.1) is 6.92 Å². The largest absolute Gasteiger partial charge is 0.481 e. The number of carbonyl (C=O) groups is 2. The minimum atomic E-state index is -4.57. The van der Waals surface area contributed by atoms with Gasteiger partial charge in [0.15, 0.2) is 6.10 Å². The van der Waals surface area contributed by atoms with Gasteiger partial charge in [-0.25, -0.2) is 0 Å². The number of aryl methyl sites for hydroxylation is 1. The van der Waals surface area contributed by atoms with Crippen LogP contribution in [0.4, 0.5) is 13.2 Å². The van der Waals surface area contributed by atoms with Crippen LogP contribution in [0.1, 0.15) is 28.5 Å². The summed E-state index contributed by atoms with van der Waals surface area (Å²) in [6.07, 6.45) is -4.38. The summed E-state index contributed by atoms with van der Waals surface area (Å²) in [7, 11) is 1.55. The van der Waals surface area contributed by atoms with Crippen LogP contribution in [0.25, 0.3) is 0 Å². The van der Waals surface area contributed by atoms with Crippen molar-refractivity contribution < 1.29 is 27.5 Å². The molecule has 0 bridgehead atoms. The Morgan fingerprint density at radius 1 is 1.29 bits per heavy atom. The van der Waals surface area contributed by atoms with Crippen LogP contribution in [0.2, 0.25) is 5.02 Å². The van der Waals surface area contributed by atoms with Crippen molar-refractivity contribution >= 4 is 23.4 Å². The smallest absolute Gasteiger partial charge is 0.433 e. The Kier molecular flexibility index (Phi) is 6.45. The molecular weight excluding hydrogens is 435 g/mol. The highest BCUT2D eigenvalue weighted by atomic mass is 35.5. The van der Waals surface area contributed by atoms with Gasteiger partial charge < -0.3 is 14.5 Å². The Morgan fingerprint density at radius 2 is 1.97 bits per heavy atom. The van der Waals surface area contributed by atoms with Gasteiger partial charge in [-0.05, 0) is 43.7 Å². The van der Waals surface area contributed by atoms with E-state index in [-0.39, 0.29) is 23.1 Å². The van der Waals surface area contributed by atoms with E-state index < -0.39 is 23.9 Å². The van der Waals surface area contributed by atoms with Crippen LogP contribution in [0.15, 0.2) is 36.5 Å². The van der Waals surface area contributed by atoms with Gasteiger partial charge in [-0.2, -0.15) is 13.2 Å². The van der Waals surface area contributed by atoms with Crippen LogP contribution < -0.4 is 4.74 Å². The predicted octanol–water partition coefficient (Wildman–Crippen LogP) is 3.81. The summed E-state index contributed by atoms with van der Waals surface area (Å²) < 4.78 is 44.2. The second kappa shape index (κ2) is 8.74. The van der Waals surface area contributed by atoms with E-state index in [4.69, 9.17) is 16.3 Å². The first-order chi connectivity index (χ1) is 14.5. The van der Waals surface area contributed by atoms with Gasteiger partial charge in [0.1, 0.15) is 11.4 Å². The van der Waals surface area contributed by atoms with Crippen LogP contribution in [0.3, 0.4) is 0 Å². The zero-order valence-electron chi connectivity index (χ0n) is 17.1. The highest BCUT2D eigenvalue weighted by Gasteiger charge is 2.38. The number of likely N-dealkylation sites (tertiary alicyclic amines) is 1. The third-order valence-electron chi connectivity index (χ3n) is 5.09. The molecule has 0 aliphatic carbocycles. The number of pyridine rings is 1. The Morgan fingerprint density at radius 3 is 2.55 bits per heavy atom. The van der Waals surface area contributed by atoms with Gasteiger partial charge in [0.2, 0.25) is 0 Å². The summed E-state index contributed by atoms with van der Waals surface area (Å²) in [5.41, 5.74) is -1.07. The molecule has 2 heterocycles. The molecule has 1 aromatic heterocycles. The van der Waals surface area contributed by atoms with Crippen LogP contribution in [-0.2, 0) is 11.0 Å². The Bertz CT molecular complexity index is 993. The molecule has 3 rings (SSSR count). The lowest BCUT2D eigenvalue weighted by Gasteiger charge is -2.44. The molecule has 1 aromatic carbocycles. The Balaban J connectivity index is 1.57. The van der Waals surface area contributed by atoms with Crippen LogP contribution in [-0.4, -0.2) is 58.9 Å². The molecule has 31 heavy (non-hydrogen) atoms. The number of alkyl halides is 3. The molecular formula is C21H21ClF3N3O3. The summed E-state index contributed by atoms with van der Waals surface area (Å²) in [4.78, 5) is 31.6. The molecule has 166 valence electrons. The lowest BCUT2D eigenvalue weighted by atomic mass is 10.0. The molecule has 1 aliphatic rings. The molecule has 10 heteroatoms. The fourth-order valence-electron chi connectivity index (χ4n) is 3.29. The van der Waals surface area contributed by atoms with E-state index in [1.54, 1.807) is 43.1 Å². The lowest BCUT2D eigenvalue weighted by Crippen LogP contribution is -2.63. The van der Waals surface area contributed by atoms with Gasteiger partial charge in [-0.15, -0.1) is 0 Å². The molecule has 1 fully saturated rings. The third kappa shape index (κ3) is 5.10. The third-order valence-corrected chi connectivity index (χ3v) is 5.33. The zero-order valence-corrected chi connectivity index (χ0v) is 17.9. The quantitative estimate of drug-likeness (QED) is 0.687. The fraction of sp³-hybridized carbons (Fsp3) is 0.381. The molecule has 6 nitrogen and oxygen atoms in total. The first kappa shape index (κ1) is 22.9. The van der Waals surface area contributed by atoms with E-state index in [2.05, 4.69) is 4.98 Å². The van der Waals surface area contributed by atoms with Crippen molar-refractivity contribution in [1.29, 1.82) is 0 Å². The number of amides is 2. The number of aromatic nitrogens is 1. The number of hydrogen-bond donors (Lipinski definition) is 0. The van der Waals surface area contributed by atoms with Crippen molar-refractivity contribution in [2.24, 2.45) is 0 Å². The van der Waals surface area contributed by atoms with Gasteiger partial charge in [0, 0.05) is 31.4 Å². The molecule has 1 aliphatic heterocycles. The zero-order chi connectivity index (χ0) is 22.9. The predicted molar refractivity (Wildman–Crippen MR) is 108 cm³/mol. The number of carbonyl (C=O) groups excluding carboxylic acids is 2. The SMILES string of the molecule is Cc1cc(C(=O)N(C)C2CN(C(=O)C(C)Oc3cccc(Cl)c3)C2)cnc1C(F)(F)F. The second-order valence-electron chi connectivity index (χ2n) is 7.42. The van der Waals surface area contributed by atoms with Crippen LogP contribution in [0.5, 0.6) is 5.75 Å². The molecule has 0 saturated carbocycles. The summed E-state index contributed by atoms with van der Waals surface area (Å²) in [5.74, 6) is -0.211. The number of hydrogen-bond acceptors (Lipinski definition) is 4. The van der Waals surface area contributed by atoms with E-state index >= 15 is 0 Å². The van der Waals surface area contributed by atoms with Gasteiger partial charge in [0.05, 0.1) is 11.6 Å². The number of halogens is 4. The normalized spacial score (nSPS) is 15.3. The van der Waals surface area contributed by atoms with Crippen LogP contribution >= 0.6 is 11.6 Å². The minimum Gasteiger partial charge on any atom is -0.481 e. The van der Waals surface area contributed by atoms with E-state index in [1.165, 1.54) is 17.9 Å². The topological polar surface area (TPSA) is 62.7 Å². The molecule has 1 unspecified atom stereocenters. The fourth-order valence-corrected chi connectivity index (χ4v) is 3.47. The van der Waals surface area contributed by atoms with E-state index in [9.17, 15) is 22.8 Å². The number of ether oxygens (including phenoxy) is 1. The molecule has 0 radical (unpaired) electrons. The number of rotatable bonds is 5. The second-order valence-corrected chi connectivity index (χ2v) is 7.85. The van der Waals surface area contributed by atoms with Crippen molar-refractivity contribution in [2.75, 3.05) is 20.1 Å². The summed E-state index contributed by atoms with van der Waals surface area (Å²) in [5, 5.41) is 0.495. The van der Waals surface area contributed by atoms with Crippen molar-refractivity contribution in [1.82, 2.24) is 14.8 Å². The Labute approximate surface area is 182 Å². The maximum Gasteiger partial charge on any atom is 0.433 e. The van der Waals surface area contributed by atoms with Gasteiger partial charge >= 0.3 is 6.18 Å². The number of nitrogens with zero attached hydrogens (tertiary/aromatic N) is 3. The summed E-state index contributed by atoms with van der Waals surface area (Å²) in [6, 6.07) is 7.64. The van der Waals surface area contributed by atoms with Crippen molar-refractivity contribution in [2.45, 2.75) is 32.2 Å². The summed E-state index contributed by atoms with van der Waals surface area (Å²) >= 11 is 5.91. The van der Waals surface area contributed by atoms with Crippen molar-refractivity contribution in [3.05, 3.63) is 58.4 Å². The monoisotopic (exact) mass is 455 g/mol. The number of benzene rings is 1. The number of likely N-dealkylation sites (N-methyl/N-ethyl adjacent to an activating group) is 1. The first-order valence-corrected chi connectivity index (χ1v) is 9.87. The van der Waals surface area contributed by atoms with E-state index in [0.29, 0.717) is 23.9 Å². The average Bonchev–Trinajstić information content (AvgIpc) is 2.64. The minimum absolute atomic E-state index is 0.0652. The standard InChI is InChI=1S/C21H21ClF3N3O3/c1-12-7-14(9-26-18(12)21(23,24)25)20(30)27(3)16-10-28(11-16)19(29)13(2)31-17-6-4-5-15(22)8-17/h4-9,13,16H,10-11H2,1-3H3. The van der Waals surface area contributed by atoms with Crippen molar-refractivity contribution in [3.63, 3.8) is 0 Å². The average molecular weight is 456 g/mol. The first-order valence-electron chi connectivity index (χ1n) is 9.49. The van der Waals surface area contributed by atoms with Gasteiger partial charge in [0.25, 0.3) is 11.8 Å². The summed E-state index contributed by atoms with van der Waals surface area (Å²) in [6.45, 7) is 3.49. The van der Waals surface area contributed by atoms with Crippen molar-refractivity contribution in [3.8, 4) is 5.75 Å². The molecule has 1 saturated heterocycles. The van der Waals surface area contributed by atoms with E-state index in [1.807, 2.05) is 0 Å². The molecule has 0 N–H and O–H groups in total. The maximum absolute atomic E-state index is 12.9.